The third-order valence-electron chi connectivity index (χ3n) is 3.40. The van der Waals surface area contributed by atoms with Crippen LogP contribution in [0.2, 0.25) is 0 Å². The van der Waals surface area contributed by atoms with Crippen LogP contribution in [0.25, 0.3) is 0 Å². The number of carbonyl (C=O) groups is 2. The van der Waals surface area contributed by atoms with E-state index in [0.717, 1.165) is 18.5 Å². The van der Waals surface area contributed by atoms with Crippen LogP contribution in [-0.4, -0.2) is 29.8 Å². The summed E-state index contributed by atoms with van der Waals surface area (Å²) in [6.07, 6.45) is 0.804. The minimum atomic E-state index is -0.307. The Bertz CT molecular complexity index is 489. The quantitative estimate of drug-likeness (QED) is 0.390. The van der Waals surface area contributed by atoms with Crippen LogP contribution in [0.15, 0.2) is 24.3 Å². The lowest BCUT2D eigenvalue weighted by Gasteiger charge is -2.15. The van der Waals surface area contributed by atoms with Crippen molar-refractivity contribution in [2.45, 2.75) is 13.0 Å². The number of hydrogen-bond donors (Lipinski definition) is 3. The highest BCUT2D eigenvalue weighted by molar-refractivity contribution is 5.93. The largest absolute Gasteiger partial charge is 0.369 e. The van der Waals surface area contributed by atoms with Crippen molar-refractivity contribution in [3.05, 3.63) is 35.4 Å². The summed E-state index contributed by atoms with van der Waals surface area (Å²) in [5, 5.41) is 0. The molecule has 0 spiro atoms. The van der Waals surface area contributed by atoms with Crippen LogP contribution in [-0.2, 0) is 11.3 Å². The SMILES string of the molecule is NNC(=O)c1cccc(CN2CCC(C(N)=O)C2)c1. The van der Waals surface area contributed by atoms with Crippen molar-refractivity contribution in [3.8, 4) is 0 Å². The summed E-state index contributed by atoms with van der Waals surface area (Å²) in [4.78, 5) is 24.7. The van der Waals surface area contributed by atoms with E-state index in [1.165, 1.54) is 0 Å². The van der Waals surface area contributed by atoms with E-state index in [1.807, 2.05) is 12.1 Å². The van der Waals surface area contributed by atoms with E-state index in [0.29, 0.717) is 18.7 Å². The minimum absolute atomic E-state index is 0.0597. The molecule has 1 aromatic carbocycles. The van der Waals surface area contributed by atoms with E-state index in [2.05, 4.69) is 10.3 Å². The first kappa shape index (κ1) is 13.5. The number of primary amides is 1. The zero-order chi connectivity index (χ0) is 13.8. The molecule has 1 fully saturated rings. The van der Waals surface area contributed by atoms with Gasteiger partial charge in [0.2, 0.25) is 5.91 Å². The first-order chi connectivity index (χ1) is 9.10. The van der Waals surface area contributed by atoms with Gasteiger partial charge in [0.05, 0.1) is 5.92 Å². The van der Waals surface area contributed by atoms with E-state index in [-0.39, 0.29) is 17.7 Å². The predicted molar refractivity (Wildman–Crippen MR) is 70.7 cm³/mol. The second-order valence-corrected chi connectivity index (χ2v) is 4.80. The normalized spacial score (nSPS) is 19.3. The maximum atomic E-state index is 11.4. The van der Waals surface area contributed by atoms with Gasteiger partial charge in [0.15, 0.2) is 0 Å². The highest BCUT2D eigenvalue weighted by atomic mass is 16.2. The van der Waals surface area contributed by atoms with Gasteiger partial charge in [-0.25, -0.2) is 5.84 Å². The Hall–Kier alpha value is -1.92. The molecule has 6 heteroatoms. The zero-order valence-electron chi connectivity index (χ0n) is 10.6. The van der Waals surface area contributed by atoms with Crippen LogP contribution >= 0.6 is 0 Å². The van der Waals surface area contributed by atoms with Crippen molar-refractivity contribution in [1.82, 2.24) is 10.3 Å². The average molecular weight is 262 g/mol. The molecule has 6 nitrogen and oxygen atoms in total. The fourth-order valence-corrected chi connectivity index (χ4v) is 2.36. The molecule has 2 rings (SSSR count). The first-order valence-corrected chi connectivity index (χ1v) is 6.21. The van der Waals surface area contributed by atoms with Gasteiger partial charge in [0.1, 0.15) is 0 Å². The van der Waals surface area contributed by atoms with Gasteiger partial charge in [-0.2, -0.15) is 0 Å². The van der Waals surface area contributed by atoms with Crippen LogP contribution in [0.1, 0.15) is 22.3 Å². The summed E-state index contributed by atoms with van der Waals surface area (Å²) < 4.78 is 0. The van der Waals surface area contributed by atoms with Crippen LogP contribution in [0, 0.1) is 5.92 Å². The lowest BCUT2D eigenvalue weighted by molar-refractivity contribution is -0.121. The Morgan fingerprint density at radius 1 is 1.42 bits per heavy atom. The number of carbonyl (C=O) groups excluding carboxylic acids is 2. The van der Waals surface area contributed by atoms with Crippen LogP contribution in [0.4, 0.5) is 0 Å². The summed E-state index contributed by atoms with van der Waals surface area (Å²) in [6, 6.07) is 7.29. The maximum Gasteiger partial charge on any atom is 0.265 e. The second-order valence-electron chi connectivity index (χ2n) is 4.80. The monoisotopic (exact) mass is 262 g/mol. The summed E-state index contributed by atoms with van der Waals surface area (Å²) >= 11 is 0. The van der Waals surface area contributed by atoms with Crippen LogP contribution < -0.4 is 17.0 Å². The molecule has 5 N–H and O–H groups in total. The fraction of sp³-hybridized carbons (Fsp3) is 0.385. The molecule has 1 aromatic rings. The molecule has 1 atom stereocenters. The molecule has 102 valence electrons. The second kappa shape index (κ2) is 5.81. The maximum absolute atomic E-state index is 11.4. The number of hydrazine groups is 1. The number of amides is 2. The van der Waals surface area contributed by atoms with Gasteiger partial charge < -0.3 is 5.73 Å². The van der Waals surface area contributed by atoms with Crippen molar-refractivity contribution >= 4 is 11.8 Å². The van der Waals surface area contributed by atoms with Crippen molar-refractivity contribution < 1.29 is 9.59 Å². The molecular formula is C13H18N4O2. The van der Waals surface area contributed by atoms with E-state index < -0.39 is 0 Å². The molecule has 1 aliphatic heterocycles. The van der Waals surface area contributed by atoms with E-state index in [1.54, 1.807) is 12.1 Å². The molecule has 0 radical (unpaired) electrons. The van der Waals surface area contributed by atoms with E-state index in [4.69, 9.17) is 11.6 Å². The Morgan fingerprint density at radius 2 is 2.21 bits per heavy atom. The average Bonchev–Trinajstić information content (AvgIpc) is 2.87. The summed E-state index contributed by atoms with van der Waals surface area (Å²) in [6.45, 7) is 2.24. The van der Waals surface area contributed by atoms with Gasteiger partial charge in [-0.1, -0.05) is 12.1 Å². The van der Waals surface area contributed by atoms with E-state index >= 15 is 0 Å². The molecule has 2 amide bonds. The van der Waals surface area contributed by atoms with Crippen molar-refractivity contribution in [2.24, 2.45) is 17.5 Å². The predicted octanol–water partition coefficient (Wildman–Crippen LogP) is -0.403. The molecular weight excluding hydrogens is 244 g/mol. The van der Waals surface area contributed by atoms with Gasteiger partial charge in [0, 0.05) is 18.7 Å². The number of hydrogen-bond acceptors (Lipinski definition) is 4. The van der Waals surface area contributed by atoms with Gasteiger partial charge in [0.25, 0.3) is 5.91 Å². The molecule has 1 aliphatic rings. The lowest BCUT2D eigenvalue weighted by atomic mass is 10.1. The third-order valence-corrected chi connectivity index (χ3v) is 3.40. The molecule has 1 unspecified atom stereocenters. The Morgan fingerprint density at radius 3 is 2.84 bits per heavy atom. The standard InChI is InChI=1S/C13H18N4O2/c14-12(18)11-4-5-17(8-11)7-9-2-1-3-10(6-9)13(19)16-15/h1-3,6,11H,4-5,7-8,15H2,(H2,14,18)(H,16,19). The van der Waals surface area contributed by atoms with Gasteiger partial charge in [-0.15, -0.1) is 0 Å². The number of nitrogens with zero attached hydrogens (tertiary/aromatic N) is 1. The summed E-state index contributed by atoms with van der Waals surface area (Å²) in [5.41, 5.74) is 8.97. The number of benzene rings is 1. The number of nitrogen functional groups attached to an aromatic ring is 1. The molecule has 1 heterocycles. The number of nitrogens with one attached hydrogen (secondary N) is 1. The van der Waals surface area contributed by atoms with Gasteiger partial charge in [-0.3, -0.25) is 19.9 Å². The van der Waals surface area contributed by atoms with Crippen molar-refractivity contribution in [2.75, 3.05) is 13.1 Å². The zero-order valence-corrected chi connectivity index (χ0v) is 10.6. The van der Waals surface area contributed by atoms with Gasteiger partial charge in [-0.05, 0) is 30.7 Å². The molecule has 0 aromatic heterocycles. The topological polar surface area (TPSA) is 101 Å². The highest BCUT2D eigenvalue weighted by Crippen LogP contribution is 2.18. The van der Waals surface area contributed by atoms with Crippen molar-refractivity contribution in [1.29, 1.82) is 0 Å². The molecule has 19 heavy (non-hydrogen) atoms. The number of rotatable bonds is 4. The summed E-state index contributed by atoms with van der Waals surface area (Å²) in [7, 11) is 0. The number of nitrogens with two attached hydrogens (primary N) is 2. The molecule has 0 bridgehead atoms. The lowest BCUT2D eigenvalue weighted by Crippen LogP contribution is -2.30. The Labute approximate surface area is 111 Å². The van der Waals surface area contributed by atoms with E-state index in [9.17, 15) is 9.59 Å². The molecule has 0 aliphatic carbocycles. The van der Waals surface area contributed by atoms with Crippen molar-refractivity contribution in [3.63, 3.8) is 0 Å². The van der Waals surface area contributed by atoms with Gasteiger partial charge >= 0.3 is 0 Å². The molecule has 1 saturated heterocycles. The Balaban J connectivity index is 2.00. The minimum Gasteiger partial charge on any atom is -0.369 e. The smallest absolute Gasteiger partial charge is 0.265 e. The number of likely N-dealkylation sites (tertiary alicyclic amines) is 1. The third kappa shape index (κ3) is 3.30. The highest BCUT2D eigenvalue weighted by Gasteiger charge is 2.26. The Kier molecular flexibility index (Phi) is 4.13. The van der Waals surface area contributed by atoms with Crippen LogP contribution in [0.3, 0.4) is 0 Å². The summed E-state index contributed by atoms with van der Waals surface area (Å²) in [5.74, 6) is 4.50. The molecule has 0 saturated carbocycles. The first-order valence-electron chi connectivity index (χ1n) is 6.21. The fourth-order valence-electron chi connectivity index (χ4n) is 2.36. The van der Waals surface area contributed by atoms with Crippen LogP contribution in [0.5, 0.6) is 0 Å².